The number of halogens is 2. The Morgan fingerprint density at radius 1 is 1.20 bits per heavy atom. The van der Waals surface area contributed by atoms with Crippen molar-refractivity contribution < 1.29 is 9.53 Å². The molecular weight excluding hydrogens is 359 g/mol. The molecule has 2 rings (SSSR count). The number of rotatable bonds is 6. The largest absolute Gasteiger partial charge is 0.496 e. The lowest BCUT2D eigenvalue weighted by molar-refractivity contribution is -0.117. The molecule has 1 N–H and O–H groups in total. The molecule has 0 aromatic heterocycles. The lowest BCUT2D eigenvalue weighted by Crippen LogP contribution is -2.30. The number of benzene rings is 2. The molecule has 0 radical (unpaired) electrons. The Labute approximate surface area is 158 Å². The molecule has 0 spiro atoms. The molecule has 25 heavy (non-hydrogen) atoms. The van der Waals surface area contributed by atoms with Gasteiger partial charge in [-0.3, -0.25) is 9.69 Å². The Morgan fingerprint density at radius 2 is 1.92 bits per heavy atom. The molecule has 0 unspecified atom stereocenters. The zero-order chi connectivity index (χ0) is 18.6. The molecule has 0 aliphatic rings. The van der Waals surface area contributed by atoms with Crippen molar-refractivity contribution in [1.29, 1.82) is 0 Å². The molecule has 6 heteroatoms. The molecule has 0 aliphatic heterocycles. The molecule has 0 bridgehead atoms. The third-order valence-corrected chi connectivity index (χ3v) is 4.64. The predicted octanol–water partition coefficient (Wildman–Crippen LogP) is 4.69. The van der Waals surface area contributed by atoms with Crippen molar-refractivity contribution in [2.24, 2.45) is 0 Å². The van der Waals surface area contributed by atoms with Gasteiger partial charge in [0, 0.05) is 12.1 Å². The van der Waals surface area contributed by atoms with Gasteiger partial charge in [0.2, 0.25) is 5.91 Å². The monoisotopic (exact) mass is 380 g/mol. The molecule has 0 heterocycles. The average Bonchev–Trinajstić information content (AvgIpc) is 2.55. The van der Waals surface area contributed by atoms with Crippen LogP contribution in [0.15, 0.2) is 30.3 Å². The molecule has 2 aromatic carbocycles. The van der Waals surface area contributed by atoms with Crippen molar-refractivity contribution >= 4 is 34.8 Å². The van der Waals surface area contributed by atoms with Gasteiger partial charge < -0.3 is 10.1 Å². The number of ether oxygens (including phenoxy) is 1. The zero-order valence-corrected chi connectivity index (χ0v) is 16.3. The second kappa shape index (κ2) is 8.56. The smallest absolute Gasteiger partial charge is 0.238 e. The predicted molar refractivity (Wildman–Crippen MR) is 104 cm³/mol. The molecule has 0 saturated carbocycles. The summed E-state index contributed by atoms with van der Waals surface area (Å²) in [7, 11) is 3.52. The van der Waals surface area contributed by atoms with Crippen molar-refractivity contribution in [3.05, 3.63) is 57.1 Å². The van der Waals surface area contributed by atoms with E-state index in [1.807, 2.05) is 44.0 Å². The van der Waals surface area contributed by atoms with Gasteiger partial charge in [0.05, 0.1) is 29.4 Å². The first kappa shape index (κ1) is 19.6. The highest BCUT2D eigenvalue weighted by Gasteiger charge is 2.14. The van der Waals surface area contributed by atoms with E-state index in [-0.39, 0.29) is 12.5 Å². The van der Waals surface area contributed by atoms with Crippen LogP contribution in [-0.4, -0.2) is 31.5 Å². The fourth-order valence-electron chi connectivity index (χ4n) is 2.57. The van der Waals surface area contributed by atoms with E-state index in [2.05, 4.69) is 11.4 Å². The van der Waals surface area contributed by atoms with Crippen LogP contribution in [0.1, 0.15) is 16.7 Å². The van der Waals surface area contributed by atoms with Crippen LogP contribution in [0.4, 0.5) is 5.69 Å². The minimum Gasteiger partial charge on any atom is -0.496 e. The minimum absolute atomic E-state index is 0.177. The van der Waals surface area contributed by atoms with Crippen molar-refractivity contribution in [2.45, 2.75) is 20.4 Å². The first-order valence-electron chi connectivity index (χ1n) is 7.88. The molecule has 134 valence electrons. The maximum absolute atomic E-state index is 12.3. The number of likely N-dealkylation sites (N-methyl/N-ethyl adjacent to an activating group) is 1. The summed E-state index contributed by atoms with van der Waals surface area (Å²) in [5.74, 6) is 0.631. The van der Waals surface area contributed by atoms with E-state index in [0.717, 1.165) is 22.4 Å². The summed E-state index contributed by atoms with van der Waals surface area (Å²) in [6, 6.07) is 9.53. The van der Waals surface area contributed by atoms with Gasteiger partial charge in [-0.2, -0.15) is 0 Å². The Kier molecular flexibility index (Phi) is 6.71. The fourth-order valence-corrected chi connectivity index (χ4v) is 3.04. The second-order valence-corrected chi connectivity index (χ2v) is 6.87. The van der Waals surface area contributed by atoms with Crippen molar-refractivity contribution in [1.82, 2.24) is 4.90 Å². The standard InChI is InChI=1S/C19H22Cl2N2O2/c1-12-5-8-16(25-4)14(9-12)10-23(3)11-17(24)22-19-15(20)7-6-13(2)18(19)21/h5-9H,10-11H2,1-4H3,(H,22,24). The first-order valence-corrected chi connectivity index (χ1v) is 8.64. The molecule has 2 aromatic rings. The molecule has 0 aliphatic carbocycles. The van der Waals surface area contributed by atoms with Crippen LogP contribution in [0.5, 0.6) is 5.75 Å². The topological polar surface area (TPSA) is 41.6 Å². The van der Waals surface area contributed by atoms with E-state index in [4.69, 9.17) is 27.9 Å². The maximum Gasteiger partial charge on any atom is 0.238 e. The molecule has 0 atom stereocenters. The van der Waals surface area contributed by atoms with Gasteiger partial charge >= 0.3 is 0 Å². The molecule has 0 saturated heterocycles. The minimum atomic E-state index is -0.177. The van der Waals surface area contributed by atoms with Gasteiger partial charge in [0.25, 0.3) is 0 Å². The Balaban J connectivity index is 2.04. The van der Waals surface area contributed by atoms with Crippen LogP contribution < -0.4 is 10.1 Å². The normalized spacial score (nSPS) is 10.8. The summed E-state index contributed by atoms with van der Waals surface area (Å²) in [4.78, 5) is 14.3. The van der Waals surface area contributed by atoms with Crippen molar-refractivity contribution in [2.75, 3.05) is 26.0 Å². The summed E-state index contributed by atoms with van der Waals surface area (Å²) < 4.78 is 5.38. The van der Waals surface area contributed by atoms with Crippen LogP contribution in [-0.2, 0) is 11.3 Å². The van der Waals surface area contributed by atoms with Crippen molar-refractivity contribution in [3.63, 3.8) is 0 Å². The number of aryl methyl sites for hydroxylation is 2. The van der Waals surface area contributed by atoms with Gasteiger partial charge in [-0.05, 0) is 38.6 Å². The number of hydrogen-bond acceptors (Lipinski definition) is 3. The number of carbonyl (C=O) groups is 1. The number of anilines is 1. The fraction of sp³-hybridized carbons (Fsp3) is 0.316. The quantitative estimate of drug-likeness (QED) is 0.789. The molecular formula is C19H22Cl2N2O2. The van der Waals surface area contributed by atoms with Crippen LogP contribution >= 0.6 is 23.2 Å². The highest BCUT2D eigenvalue weighted by molar-refractivity contribution is 6.40. The number of nitrogens with zero attached hydrogens (tertiary/aromatic N) is 1. The lowest BCUT2D eigenvalue weighted by atomic mass is 10.1. The zero-order valence-electron chi connectivity index (χ0n) is 14.8. The summed E-state index contributed by atoms with van der Waals surface area (Å²) in [6.07, 6.45) is 0. The van der Waals surface area contributed by atoms with E-state index in [1.165, 1.54) is 0 Å². The molecule has 0 fully saturated rings. The highest BCUT2D eigenvalue weighted by atomic mass is 35.5. The van der Waals surface area contributed by atoms with Crippen molar-refractivity contribution in [3.8, 4) is 5.75 Å². The average molecular weight is 381 g/mol. The van der Waals surface area contributed by atoms with Crippen LogP contribution in [0.3, 0.4) is 0 Å². The van der Waals surface area contributed by atoms with Crippen LogP contribution in [0.2, 0.25) is 10.0 Å². The van der Waals surface area contributed by atoms with E-state index < -0.39 is 0 Å². The summed E-state index contributed by atoms with van der Waals surface area (Å²) in [5.41, 5.74) is 3.49. The van der Waals surface area contributed by atoms with E-state index >= 15 is 0 Å². The lowest BCUT2D eigenvalue weighted by Gasteiger charge is -2.19. The Morgan fingerprint density at radius 3 is 2.60 bits per heavy atom. The van der Waals surface area contributed by atoms with Crippen LogP contribution in [0.25, 0.3) is 0 Å². The first-order chi connectivity index (χ1) is 11.8. The molecule has 4 nitrogen and oxygen atoms in total. The number of nitrogens with one attached hydrogen (secondary N) is 1. The summed E-state index contributed by atoms with van der Waals surface area (Å²) >= 11 is 12.4. The van der Waals surface area contributed by atoms with Gasteiger partial charge in [-0.15, -0.1) is 0 Å². The van der Waals surface area contributed by atoms with Gasteiger partial charge in [-0.25, -0.2) is 0 Å². The van der Waals surface area contributed by atoms with E-state index in [0.29, 0.717) is 22.3 Å². The van der Waals surface area contributed by atoms with E-state index in [1.54, 1.807) is 13.2 Å². The maximum atomic E-state index is 12.3. The van der Waals surface area contributed by atoms with Gasteiger partial charge in [-0.1, -0.05) is 47.0 Å². The number of carbonyl (C=O) groups excluding carboxylic acids is 1. The third-order valence-electron chi connectivity index (χ3n) is 3.84. The van der Waals surface area contributed by atoms with Crippen LogP contribution in [0, 0.1) is 13.8 Å². The number of hydrogen-bond donors (Lipinski definition) is 1. The highest BCUT2D eigenvalue weighted by Crippen LogP contribution is 2.32. The second-order valence-electron chi connectivity index (χ2n) is 6.09. The van der Waals surface area contributed by atoms with Gasteiger partial charge in [0.1, 0.15) is 5.75 Å². The third kappa shape index (κ3) is 5.11. The van der Waals surface area contributed by atoms with E-state index in [9.17, 15) is 4.79 Å². The Bertz CT molecular complexity index is 778. The molecule has 1 amide bonds. The Hall–Kier alpha value is -1.75. The SMILES string of the molecule is COc1ccc(C)cc1CN(C)CC(=O)Nc1c(Cl)ccc(C)c1Cl. The number of methoxy groups -OCH3 is 1. The summed E-state index contributed by atoms with van der Waals surface area (Å²) in [5, 5.41) is 3.69. The van der Waals surface area contributed by atoms with Gasteiger partial charge in [0.15, 0.2) is 0 Å². The number of amides is 1. The summed E-state index contributed by atoms with van der Waals surface area (Å²) in [6.45, 7) is 4.69.